The van der Waals surface area contributed by atoms with Crippen molar-refractivity contribution in [2.45, 2.75) is 20.3 Å². The van der Waals surface area contributed by atoms with E-state index in [0.29, 0.717) is 5.92 Å². The molecule has 0 saturated carbocycles. The number of aromatic carboxylic acids is 1. The summed E-state index contributed by atoms with van der Waals surface area (Å²) in [6, 6.07) is 1.46. The van der Waals surface area contributed by atoms with Crippen LogP contribution in [0.4, 0.5) is 0 Å². The van der Waals surface area contributed by atoms with E-state index in [9.17, 15) is 4.79 Å². The predicted molar refractivity (Wildman–Crippen MR) is 57.5 cm³/mol. The number of hydrogen-bond acceptors (Lipinski definition) is 2. The van der Waals surface area contributed by atoms with Crippen LogP contribution in [0.25, 0.3) is 5.70 Å². The Morgan fingerprint density at radius 2 is 2.40 bits per heavy atom. The molecular weight excluding hydrogens is 192 g/mol. The summed E-state index contributed by atoms with van der Waals surface area (Å²) in [6.07, 6.45) is 2.38. The Bertz CT molecular complexity index is 412. The van der Waals surface area contributed by atoms with E-state index in [1.165, 1.54) is 10.7 Å². The Kier molecular flexibility index (Phi) is 3.47. The molecule has 0 saturated heterocycles. The summed E-state index contributed by atoms with van der Waals surface area (Å²) in [5.74, 6) is -0.576. The van der Waals surface area contributed by atoms with Crippen molar-refractivity contribution in [1.29, 1.82) is 0 Å². The molecule has 0 atom stereocenters. The maximum absolute atomic E-state index is 10.6. The highest BCUT2D eigenvalue weighted by Gasteiger charge is 2.09. The Morgan fingerprint density at radius 3 is 2.80 bits per heavy atom. The fourth-order valence-electron chi connectivity index (χ4n) is 1.22. The van der Waals surface area contributed by atoms with Gasteiger partial charge in [-0.15, -0.1) is 5.73 Å². The van der Waals surface area contributed by atoms with Crippen molar-refractivity contribution in [1.82, 2.24) is 9.78 Å². The molecule has 1 aromatic heterocycles. The first-order valence-electron chi connectivity index (χ1n) is 4.73. The minimum absolute atomic E-state index is 0.0338. The van der Waals surface area contributed by atoms with Crippen LogP contribution in [0.3, 0.4) is 0 Å². The van der Waals surface area contributed by atoms with Crippen LogP contribution >= 0.6 is 0 Å². The number of carbonyl (C=O) groups is 1. The molecule has 0 aliphatic heterocycles. The number of carboxylic acid groups (broad SMARTS) is 1. The number of rotatable bonds is 4. The third kappa shape index (κ3) is 2.82. The van der Waals surface area contributed by atoms with E-state index in [-0.39, 0.29) is 5.69 Å². The van der Waals surface area contributed by atoms with Crippen LogP contribution in [0.5, 0.6) is 0 Å². The normalized spacial score (nSPS) is 10.1. The standard InChI is InChI=1S/C11H14N2O2/c1-4-9(7-8(2)3)13-6-5-10(12-13)11(14)15/h5-6,8H,1,7H2,2-3H3,(H,14,15). The van der Waals surface area contributed by atoms with Gasteiger partial charge in [0.1, 0.15) is 0 Å². The summed E-state index contributed by atoms with van der Waals surface area (Å²) in [5.41, 5.74) is 3.60. The van der Waals surface area contributed by atoms with E-state index >= 15 is 0 Å². The van der Waals surface area contributed by atoms with Crippen molar-refractivity contribution in [3.63, 3.8) is 0 Å². The Morgan fingerprint density at radius 1 is 1.73 bits per heavy atom. The maximum atomic E-state index is 10.6. The van der Waals surface area contributed by atoms with Gasteiger partial charge in [-0.2, -0.15) is 5.10 Å². The molecule has 0 spiro atoms. The second-order valence-corrected chi connectivity index (χ2v) is 3.67. The van der Waals surface area contributed by atoms with Gasteiger partial charge in [-0.05, 0) is 18.4 Å². The zero-order chi connectivity index (χ0) is 11.4. The van der Waals surface area contributed by atoms with Gasteiger partial charge < -0.3 is 5.11 Å². The largest absolute Gasteiger partial charge is 0.476 e. The van der Waals surface area contributed by atoms with Crippen molar-refractivity contribution in [3.05, 3.63) is 30.3 Å². The molecule has 0 fully saturated rings. The van der Waals surface area contributed by atoms with Crippen LogP contribution in [-0.2, 0) is 0 Å². The number of carboxylic acids is 1. The summed E-state index contributed by atoms with van der Waals surface area (Å²) in [5, 5.41) is 12.6. The molecule has 0 bridgehead atoms. The SMILES string of the molecule is C=C=C(CC(C)C)n1ccc(C(=O)O)n1. The lowest BCUT2D eigenvalue weighted by Gasteiger charge is -2.07. The van der Waals surface area contributed by atoms with Gasteiger partial charge in [0.05, 0.1) is 5.70 Å². The molecule has 0 unspecified atom stereocenters. The van der Waals surface area contributed by atoms with Crippen molar-refractivity contribution in [3.8, 4) is 0 Å². The quantitative estimate of drug-likeness (QED) is 0.769. The lowest BCUT2D eigenvalue weighted by atomic mass is 10.1. The Hall–Kier alpha value is -1.80. The van der Waals surface area contributed by atoms with E-state index in [1.54, 1.807) is 6.20 Å². The summed E-state index contributed by atoms with van der Waals surface area (Å²) in [6.45, 7) is 7.71. The lowest BCUT2D eigenvalue weighted by Crippen LogP contribution is -2.03. The highest BCUT2D eigenvalue weighted by atomic mass is 16.4. The lowest BCUT2D eigenvalue weighted by molar-refractivity contribution is 0.0690. The first kappa shape index (κ1) is 11.3. The van der Waals surface area contributed by atoms with Crippen LogP contribution in [-0.4, -0.2) is 20.9 Å². The van der Waals surface area contributed by atoms with E-state index < -0.39 is 5.97 Å². The first-order valence-corrected chi connectivity index (χ1v) is 4.73. The molecule has 0 aliphatic carbocycles. The van der Waals surface area contributed by atoms with E-state index in [2.05, 4.69) is 31.3 Å². The van der Waals surface area contributed by atoms with Crippen molar-refractivity contribution >= 4 is 11.7 Å². The molecular formula is C11H14N2O2. The molecule has 1 rings (SSSR count). The van der Waals surface area contributed by atoms with Gasteiger partial charge in [-0.3, -0.25) is 0 Å². The molecule has 4 nitrogen and oxygen atoms in total. The number of nitrogens with zero attached hydrogens (tertiary/aromatic N) is 2. The van der Waals surface area contributed by atoms with E-state index in [4.69, 9.17) is 5.11 Å². The van der Waals surface area contributed by atoms with Gasteiger partial charge in [0.15, 0.2) is 5.69 Å². The molecule has 0 aliphatic rings. The van der Waals surface area contributed by atoms with Gasteiger partial charge in [-0.25, -0.2) is 9.48 Å². The van der Waals surface area contributed by atoms with Gasteiger partial charge in [0.25, 0.3) is 0 Å². The second kappa shape index (κ2) is 4.62. The molecule has 0 amide bonds. The van der Waals surface area contributed by atoms with E-state index in [0.717, 1.165) is 12.1 Å². The molecule has 1 heterocycles. The van der Waals surface area contributed by atoms with Crippen molar-refractivity contribution < 1.29 is 9.90 Å². The van der Waals surface area contributed by atoms with Crippen LogP contribution in [0.2, 0.25) is 0 Å². The number of allylic oxidation sites excluding steroid dienone is 1. The molecule has 1 N–H and O–H groups in total. The minimum Gasteiger partial charge on any atom is -0.476 e. The van der Waals surface area contributed by atoms with Gasteiger partial charge in [0.2, 0.25) is 0 Å². The van der Waals surface area contributed by atoms with Crippen molar-refractivity contribution in [2.24, 2.45) is 5.92 Å². The Labute approximate surface area is 88.5 Å². The van der Waals surface area contributed by atoms with Gasteiger partial charge in [-0.1, -0.05) is 20.4 Å². The molecule has 15 heavy (non-hydrogen) atoms. The number of aromatic nitrogens is 2. The fourth-order valence-corrected chi connectivity index (χ4v) is 1.22. The monoisotopic (exact) mass is 206 g/mol. The smallest absolute Gasteiger partial charge is 0.356 e. The summed E-state index contributed by atoms with van der Waals surface area (Å²) < 4.78 is 1.51. The molecule has 80 valence electrons. The highest BCUT2D eigenvalue weighted by molar-refractivity contribution is 5.85. The zero-order valence-corrected chi connectivity index (χ0v) is 8.90. The third-order valence-corrected chi connectivity index (χ3v) is 1.89. The fraction of sp³-hybridized carbons (Fsp3) is 0.364. The summed E-state index contributed by atoms with van der Waals surface area (Å²) >= 11 is 0. The molecule has 0 aromatic carbocycles. The third-order valence-electron chi connectivity index (χ3n) is 1.89. The predicted octanol–water partition coefficient (Wildman–Crippen LogP) is 2.25. The highest BCUT2D eigenvalue weighted by Crippen LogP contribution is 2.14. The summed E-state index contributed by atoms with van der Waals surface area (Å²) in [7, 11) is 0. The minimum atomic E-state index is -1.03. The average molecular weight is 206 g/mol. The Balaban J connectivity index is 2.94. The van der Waals surface area contributed by atoms with Crippen molar-refractivity contribution in [2.75, 3.05) is 0 Å². The molecule has 4 heteroatoms. The first-order chi connectivity index (χ1) is 7.04. The summed E-state index contributed by atoms with van der Waals surface area (Å²) in [4.78, 5) is 10.6. The van der Waals surface area contributed by atoms with Gasteiger partial charge >= 0.3 is 5.97 Å². The topological polar surface area (TPSA) is 55.1 Å². The maximum Gasteiger partial charge on any atom is 0.356 e. The van der Waals surface area contributed by atoms with E-state index in [1.807, 2.05) is 0 Å². The van der Waals surface area contributed by atoms with Gasteiger partial charge in [0, 0.05) is 6.20 Å². The van der Waals surface area contributed by atoms with Crippen LogP contribution < -0.4 is 0 Å². The average Bonchev–Trinajstić information content (AvgIpc) is 2.62. The second-order valence-electron chi connectivity index (χ2n) is 3.67. The van der Waals surface area contributed by atoms with Crippen LogP contribution in [0.15, 0.2) is 24.6 Å². The molecule has 0 radical (unpaired) electrons. The van der Waals surface area contributed by atoms with Crippen LogP contribution in [0, 0.1) is 5.92 Å². The molecule has 1 aromatic rings. The zero-order valence-electron chi connectivity index (χ0n) is 8.90. The number of hydrogen-bond donors (Lipinski definition) is 1. The van der Waals surface area contributed by atoms with Crippen LogP contribution in [0.1, 0.15) is 30.8 Å².